The fraction of sp³-hybridized carbons (Fsp3) is 0.182. The van der Waals surface area contributed by atoms with Gasteiger partial charge in [0.05, 0.1) is 18.5 Å². The van der Waals surface area contributed by atoms with Gasteiger partial charge in [-0.05, 0) is 17.7 Å². The Labute approximate surface area is 97.4 Å². The van der Waals surface area contributed by atoms with E-state index in [1.807, 2.05) is 18.2 Å². The van der Waals surface area contributed by atoms with Crippen LogP contribution in [0.1, 0.15) is 16.1 Å². The van der Waals surface area contributed by atoms with Crippen LogP contribution in [-0.4, -0.2) is 33.2 Å². The Morgan fingerprint density at radius 1 is 1.53 bits per heavy atom. The number of hydrogen-bond acceptors (Lipinski definition) is 4. The maximum atomic E-state index is 10.9. The molecule has 1 aromatic carbocycles. The Morgan fingerprint density at radius 2 is 2.35 bits per heavy atom. The fourth-order valence-electron chi connectivity index (χ4n) is 1.52. The van der Waals surface area contributed by atoms with Crippen LogP contribution in [0.5, 0.6) is 0 Å². The highest BCUT2D eigenvalue weighted by Gasteiger charge is 2.12. The van der Waals surface area contributed by atoms with Crippen molar-refractivity contribution in [1.82, 2.24) is 15.0 Å². The summed E-state index contributed by atoms with van der Waals surface area (Å²) in [4.78, 5) is 10.9. The SMILES string of the molecule is COCc1cccc(-n2nncc2C(=O)O)c1. The van der Waals surface area contributed by atoms with E-state index in [9.17, 15) is 4.79 Å². The van der Waals surface area contributed by atoms with Gasteiger partial charge in [-0.2, -0.15) is 0 Å². The molecule has 2 rings (SSSR count). The minimum Gasteiger partial charge on any atom is -0.476 e. The Balaban J connectivity index is 2.42. The van der Waals surface area contributed by atoms with Crippen molar-refractivity contribution in [2.45, 2.75) is 6.61 Å². The van der Waals surface area contributed by atoms with Gasteiger partial charge in [-0.25, -0.2) is 9.48 Å². The van der Waals surface area contributed by atoms with E-state index >= 15 is 0 Å². The number of hydrogen-bond donors (Lipinski definition) is 1. The van der Waals surface area contributed by atoms with E-state index in [1.165, 1.54) is 10.9 Å². The summed E-state index contributed by atoms with van der Waals surface area (Å²) in [7, 11) is 1.60. The van der Waals surface area contributed by atoms with Gasteiger partial charge in [0.2, 0.25) is 0 Å². The van der Waals surface area contributed by atoms with Crippen molar-refractivity contribution < 1.29 is 14.6 Å². The van der Waals surface area contributed by atoms with Gasteiger partial charge in [-0.15, -0.1) is 5.10 Å². The maximum absolute atomic E-state index is 10.9. The van der Waals surface area contributed by atoms with Gasteiger partial charge in [0, 0.05) is 7.11 Å². The molecule has 0 saturated heterocycles. The number of benzene rings is 1. The molecule has 0 radical (unpaired) electrons. The van der Waals surface area contributed by atoms with E-state index in [0.29, 0.717) is 12.3 Å². The van der Waals surface area contributed by atoms with Gasteiger partial charge in [-0.1, -0.05) is 17.3 Å². The van der Waals surface area contributed by atoms with E-state index < -0.39 is 5.97 Å². The molecule has 17 heavy (non-hydrogen) atoms. The second kappa shape index (κ2) is 4.75. The molecular formula is C11H11N3O3. The van der Waals surface area contributed by atoms with Crippen LogP contribution in [0, 0.1) is 0 Å². The minimum absolute atomic E-state index is 0.0274. The van der Waals surface area contributed by atoms with E-state index in [1.54, 1.807) is 13.2 Å². The zero-order valence-electron chi connectivity index (χ0n) is 9.20. The van der Waals surface area contributed by atoms with Gasteiger partial charge < -0.3 is 9.84 Å². The molecule has 1 heterocycles. The molecule has 0 atom stereocenters. The first-order chi connectivity index (χ1) is 8.22. The Hall–Kier alpha value is -2.21. The predicted molar refractivity (Wildman–Crippen MR) is 59.0 cm³/mol. The molecule has 0 aliphatic heterocycles. The van der Waals surface area contributed by atoms with Crippen LogP contribution in [0.4, 0.5) is 0 Å². The lowest BCUT2D eigenvalue weighted by Crippen LogP contribution is -2.08. The minimum atomic E-state index is -1.06. The lowest BCUT2D eigenvalue weighted by Gasteiger charge is -2.05. The number of methoxy groups -OCH3 is 1. The molecule has 6 nitrogen and oxygen atoms in total. The summed E-state index contributed by atoms with van der Waals surface area (Å²) in [5.41, 5.74) is 1.62. The third-order valence-corrected chi connectivity index (χ3v) is 2.23. The lowest BCUT2D eigenvalue weighted by atomic mass is 10.2. The van der Waals surface area contributed by atoms with E-state index in [-0.39, 0.29) is 5.69 Å². The second-order valence-electron chi connectivity index (χ2n) is 3.44. The van der Waals surface area contributed by atoms with Gasteiger partial charge >= 0.3 is 5.97 Å². The van der Waals surface area contributed by atoms with Crippen molar-refractivity contribution in [3.8, 4) is 5.69 Å². The van der Waals surface area contributed by atoms with Gasteiger partial charge in [0.1, 0.15) is 0 Å². The number of aromatic nitrogens is 3. The largest absolute Gasteiger partial charge is 0.476 e. The van der Waals surface area contributed by atoms with Crippen molar-refractivity contribution in [3.63, 3.8) is 0 Å². The molecule has 88 valence electrons. The molecule has 1 aromatic heterocycles. The molecule has 0 bridgehead atoms. The van der Waals surface area contributed by atoms with E-state index in [4.69, 9.17) is 9.84 Å². The highest BCUT2D eigenvalue weighted by molar-refractivity contribution is 5.85. The average molecular weight is 233 g/mol. The third kappa shape index (κ3) is 2.31. The van der Waals surface area contributed by atoms with Crippen LogP contribution < -0.4 is 0 Å². The topological polar surface area (TPSA) is 77.2 Å². The smallest absolute Gasteiger partial charge is 0.356 e. The highest BCUT2D eigenvalue weighted by atomic mass is 16.5. The van der Waals surface area contributed by atoms with Gasteiger partial charge in [-0.3, -0.25) is 0 Å². The number of aromatic carboxylic acids is 1. The predicted octanol–water partition coefficient (Wildman–Crippen LogP) is 1.11. The molecule has 0 aliphatic rings. The van der Waals surface area contributed by atoms with E-state index in [0.717, 1.165) is 5.56 Å². The number of carbonyl (C=O) groups is 1. The monoisotopic (exact) mass is 233 g/mol. The fourth-order valence-corrected chi connectivity index (χ4v) is 1.52. The summed E-state index contributed by atoms with van der Waals surface area (Å²) < 4.78 is 6.30. The van der Waals surface area contributed by atoms with Crippen molar-refractivity contribution in [3.05, 3.63) is 41.7 Å². The molecule has 2 aromatic rings. The van der Waals surface area contributed by atoms with Gasteiger partial charge in [0.15, 0.2) is 5.69 Å². The second-order valence-corrected chi connectivity index (χ2v) is 3.44. The zero-order valence-corrected chi connectivity index (χ0v) is 9.20. The molecule has 0 amide bonds. The summed E-state index contributed by atoms with van der Waals surface area (Å²) in [6.07, 6.45) is 1.21. The number of carboxylic acid groups (broad SMARTS) is 1. The molecule has 0 unspecified atom stereocenters. The lowest BCUT2D eigenvalue weighted by molar-refractivity contribution is 0.0687. The highest BCUT2D eigenvalue weighted by Crippen LogP contribution is 2.12. The van der Waals surface area contributed by atoms with Crippen LogP contribution in [0.2, 0.25) is 0 Å². The summed E-state index contributed by atoms with van der Waals surface area (Å²) in [6.45, 7) is 0.463. The molecule has 0 spiro atoms. The van der Waals surface area contributed by atoms with Crippen LogP contribution in [0.25, 0.3) is 5.69 Å². The van der Waals surface area contributed by atoms with E-state index in [2.05, 4.69) is 10.3 Å². The van der Waals surface area contributed by atoms with Crippen LogP contribution in [0.3, 0.4) is 0 Å². The quantitative estimate of drug-likeness (QED) is 0.855. The van der Waals surface area contributed by atoms with Crippen LogP contribution >= 0.6 is 0 Å². The number of carboxylic acids is 1. The summed E-state index contributed by atoms with van der Waals surface area (Å²) in [5.74, 6) is -1.06. The van der Waals surface area contributed by atoms with Crippen LogP contribution in [-0.2, 0) is 11.3 Å². The molecule has 6 heteroatoms. The first-order valence-corrected chi connectivity index (χ1v) is 4.94. The first kappa shape index (κ1) is 11.3. The van der Waals surface area contributed by atoms with Gasteiger partial charge in [0.25, 0.3) is 0 Å². The Bertz CT molecular complexity index is 536. The van der Waals surface area contributed by atoms with Crippen molar-refractivity contribution in [1.29, 1.82) is 0 Å². The Morgan fingerprint density at radius 3 is 3.06 bits per heavy atom. The molecule has 0 aliphatic carbocycles. The summed E-state index contributed by atoms with van der Waals surface area (Å²) in [6, 6.07) is 7.28. The summed E-state index contributed by atoms with van der Waals surface area (Å²) >= 11 is 0. The molecule has 0 saturated carbocycles. The standard InChI is InChI=1S/C11H11N3O3/c1-17-7-8-3-2-4-9(5-8)14-10(11(15)16)6-12-13-14/h2-6H,7H2,1H3,(H,15,16). The molecule has 1 N–H and O–H groups in total. The number of ether oxygens (including phenoxy) is 1. The molecule has 0 fully saturated rings. The van der Waals surface area contributed by atoms with Crippen molar-refractivity contribution in [2.75, 3.05) is 7.11 Å². The van der Waals surface area contributed by atoms with Crippen LogP contribution in [0.15, 0.2) is 30.5 Å². The normalized spacial score (nSPS) is 10.4. The number of rotatable bonds is 4. The average Bonchev–Trinajstić information content (AvgIpc) is 2.79. The van der Waals surface area contributed by atoms with Crippen molar-refractivity contribution >= 4 is 5.97 Å². The maximum Gasteiger partial charge on any atom is 0.356 e. The molecular weight excluding hydrogens is 222 g/mol. The number of nitrogens with zero attached hydrogens (tertiary/aromatic N) is 3. The summed E-state index contributed by atoms with van der Waals surface area (Å²) in [5, 5.41) is 16.3. The van der Waals surface area contributed by atoms with Crippen molar-refractivity contribution in [2.24, 2.45) is 0 Å². The Kier molecular flexibility index (Phi) is 3.15. The third-order valence-electron chi connectivity index (χ3n) is 2.23. The zero-order chi connectivity index (χ0) is 12.3. The first-order valence-electron chi connectivity index (χ1n) is 4.94.